The van der Waals surface area contributed by atoms with Crippen LogP contribution < -0.4 is 10.3 Å². The van der Waals surface area contributed by atoms with Crippen molar-refractivity contribution in [3.8, 4) is 5.75 Å². The number of morpholine rings is 1. The molecule has 0 bridgehead atoms. The van der Waals surface area contributed by atoms with Gasteiger partial charge in [0.1, 0.15) is 5.75 Å². The second-order valence-electron chi connectivity index (χ2n) is 8.06. The maximum Gasteiger partial charge on any atom is 0.260 e. The summed E-state index contributed by atoms with van der Waals surface area (Å²) in [6.45, 7) is 5.49. The van der Waals surface area contributed by atoms with Gasteiger partial charge in [0.25, 0.3) is 5.56 Å². The lowest BCUT2D eigenvalue weighted by Crippen LogP contribution is -2.38. The van der Waals surface area contributed by atoms with Crippen LogP contribution in [0, 0.1) is 0 Å². The van der Waals surface area contributed by atoms with Gasteiger partial charge in [-0.1, -0.05) is 41.9 Å². The van der Waals surface area contributed by atoms with Crippen molar-refractivity contribution in [2.24, 2.45) is 0 Å². The van der Waals surface area contributed by atoms with Gasteiger partial charge in [-0.05, 0) is 23.8 Å². The average molecular weight is 452 g/mol. The van der Waals surface area contributed by atoms with Gasteiger partial charge in [0.2, 0.25) is 0 Å². The molecule has 0 atom stereocenters. The van der Waals surface area contributed by atoms with E-state index in [-0.39, 0.29) is 5.56 Å². The summed E-state index contributed by atoms with van der Waals surface area (Å²) in [6, 6.07) is 15.6. The zero-order chi connectivity index (χ0) is 22.1. The number of nitrogens with zero attached hydrogens (tertiary/aromatic N) is 3. The molecule has 0 spiro atoms. The lowest BCUT2D eigenvalue weighted by molar-refractivity contribution is 0.0366. The molecule has 0 radical (unpaired) electrons. The van der Waals surface area contributed by atoms with Crippen molar-refractivity contribution < 1.29 is 9.47 Å². The summed E-state index contributed by atoms with van der Waals surface area (Å²) >= 11 is 6.35. The maximum atomic E-state index is 13.6. The smallest absolute Gasteiger partial charge is 0.260 e. The molecule has 0 N–H and O–H groups in total. The van der Waals surface area contributed by atoms with Crippen molar-refractivity contribution >= 4 is 33.4 Å². The van der Waals surface area contributed by atoms with Gasteiger partial charge in [-0.2, -0.15) is 0 Å². The predicted octanol–water partition coefficient (Wildman–Crippen LogP) is 4.00. The third-order valence-corrected chi connectivity index (χ3v) is 6.60. The van der Waals surface area contributed by atoms with Crippen LogP contribution in [0.4, 0.5) is 0 Å². The van der Waals surface area contributed by atoms with Gasteiger partial charge in [0.15, 0.2) is 0 Å². The fourth-order valence-electron chi connectivity index (χ4n) is 4.56. The summed E-state index contributed by atoms with van der Waals surface area (Å²) in [5.74, 6) is 0.776. The van der Waals surface area contributed by atoms with Crippen LogP contribution in [-0.4, -0.2) is 54.0 Å². The Balaban J connectivity index is 1.62. The van der Waals surface area contributed by atoms with E-state index in [9.17, 15) is 4.79 Å². The number of hydrogen-bond donors (Lipinski definition) is 0. The number of methoxy groups -OCH3 is 1. The Morgan fingerprint density at radius 3 is 2.62 bits per heavy atom. The Bertz CT molecular complexity index is 1320. The average Bonchev–Trinajstić information content (AvgIpc) is 3.16. The third kappa shape index (κ3) is 3.79. The number of pyridine rings is 1. The van der Waals surface area contributed by atoms with Crippen molar-refractivity contribution in [1.82, 2.24) is 14.0 Å². The normalized spacial score (nSPS) is 14.9. The van der Waals surface area contributed by atoms with Crippen molar-refractivity contribution in [1.29, 1.82) is 0 Å². The van der Waals surface area contributed by atoms with Crippen LogP contribution in [0.5, 0.6) is 5.75 Å². The molecule has 7 heteroatoms. The molecule has 166 valence electrons. The molecule has 3 heterocycles. The molecule has 0 saturated carbocycles. The van der Waals surface area contributed by atoms with Crippen molar-refractivity contribution in [2.45, 2.75) is 13.1 Å². The second-order valence-corrected chi connectivity index (χ2v) is 8.47. The van der Waals surface area contributed by atoms with Gasteiger partial charge in [-0.25, -0.2) is 0 Å². The van der Waals surface area contributed by atoms with E-state index in [4.69, 9.17) is 21.1 Å². The minimum atomic E-state index is -0.0224. The topological polar surface area (TPSA) is 48.6 Å². The molecule has 4 aromatic rings. The largest absolute Gasteiger partial charge is 0.495 e. The molecular weight excluding hydrogens is 426 g/mol. The Morgan fingerprint density at radius 1 is 1.03 bits per heavy atom. The highest BCUT2D eigenvalue weighted by atomic mass is 35.5. The first-order valence-electron chi connectivity index (χ1n) is 10.9. The van der Waals surface area contributed by atoms with E-state index < -0.39 is 0 Å². The number of aromatic nitrogens is 2. The lowest BCUT2D eigenvalue weighted by atomic mass is 10.1. The Kier molecular flexibility index (Phi) is 5.91. The second kappa shape index (κ2) is 8.98. The highest BCUT2D eigenvalue weighted by molar-refractivity contribution is 6.31. The molecule has 1 fully saturated rings. The fraction of sp³-hybridized carbons (Fsp3) is 0.320. The molecule has 1 saturated heterocycles. The van der Waals surface area contributed by atoms with Crippen LogP contribution in [0.15, 0.2) is 59.5 Å². The lowest BCUT2D eigenvalue weighted by Gasteiger charge is -2.27. The quantitative estimate of drug-likeness (QED) is 0.444. The Morgan fingerprint density at radius 2 is 1.84 bits per heavy atom. The number of hydrogen-bond acceptors (Lipinski definition) is 4. The van der Waals surface area contributed by atoms with E-state index in [0.29, 0.717) is 11.6 Å². The van der Waals surface area contributed by atoms with Gasteiger partial charge in [-0.15, -0.1) is 0 Å². The number of rotatable bonds is 6. The Labute approximate surface area is 191 Å². The van der Waals surface area contributed by atoms with Crippen molar-refractivity contribution in [3.05, 3.63) is 75.7 Å². The summed E-state index contributed by atoms with van der Waals surface area (Å²) in [4.78, 5) is 16.0. The first-order chi connectivity index (χ1) is 15.7. The van der Waals surface area contributed by atoms with Gasteiger partial charge in [0, 0.05) is 42.8 Å². The third-order valence-electron chi connectivity index (χ3n) is 6.23. The minimum absolute atomic E-state index is 0.0224. The minimum Gasteiger partial charge on any atom is -0.495 e. The molecule has 32 heavy (non-hydrogen) atoms. The highest BCUT2D eigenvalue weighted by Crippen LogP contribution is 2.33. The van der Waals surface area contributed by atoms with Gasteiger partial charge < -0.3 is 18.6 Å². The summed E-state index contributed by atoms with van der Waals surface area (Å²) in [7, 11) is 1.68. The fourth-order valence-corrected chi connectivity index (χ4v) is 4.76. The standard InChI is InChI=1S/C25H26ClN3O3/c1-31-22-8-4-6-19-23-21(29(24(19)22)12-11-27-13-15-32-16-14-27)9-10-28(25(23)30)17-18-5-2-3-7-20(18)26/h2-10H,11-17H2,1H3. The molecule has 6 nitrogen and oxygen atoms in total. The Hall–Kier alpha value is -2.80. The molecule has 5 rings (SSSR count). The molecule has 1 aliphatic rings. The molecule has 0 aliphatic carbocycles. The number of halogens is 1. The summed E-state index contributed by atoms with van der Waals surface area (Å²) in [6.07, 6.45) is 1.87. The number of fused-ring (bicyclic) bond motifs is 3. The molecule has 1 aliphatic heterocycles. The summed E-state index contributed by atoms with van der Waals surface area (Å²) in [5.41, 5.74) is 2.79. The molecule has 0 amide bonds. The number of ether oxygens (including phenoxy) is 2. The first-order valence-corrected chi connectivity index (χ1v) is 11.3. The van der Waals surface area contributed by atoms with Gasteiger partial charge >= 0.3 is 0 Å². The maximum absolute atomic E-state index is 13.6. The number of para-hydroxylation sites is 1. The van der Waals surface area contributed by atoms with E-state index in [1.165, 1.54) is 0 Å². The van der Waals surface area contributed by atoms with Crippen LogP contribution in [0.25, 0.3) is 21.8 Å². The van der Waals surface area contributed by atoms with Crippen LogP contribution >= 0.6 is 11.6 Å². The highest BCUT2D eigenvalue weighted by Gasteiger charge is 2.19. The van der Waals surface area contributed by atoms with E-state index in [2.05, 4.69) is 9.47 Å². The summed E-state index contributed by atoms with van der Waals surface area (Å²) in [5, 5.41) is 2.30. The molecule has 2 aromatic heterocycles. The first kappa shape index (κ1) is 21.1. The van der Waals surface area contributed by atoms with E-state index in [0.717, 1.165) is 72.5 Å². The SMILES string of the molecule is COc1cccc2c3c(=O)n(Cc4ccccc4Cl)ccc3n(CCN3CCOCC3)c12. The van der Waals surface area contributed by atoms with E-state index in [1.807, 2.05) is 54.7 Å². The van der Waals surface area contributed by atoms with Crippen LogP contribution in [0.2, 0.25) is 5.02 Å². The zero-order valence-corrected chi connectivity index (χ0v) is 18.8. The molecular formula is C25H26ClN3O3. The zero-order valence-electron chi connectivity index (χ0n) is 18.1. The van der Waals surface area contributed by atoms with Crippen molar-refractivity contribution in [3.63, 3.8) is 0 Å². The molecule has 0 unspecified atom stereocenters. The van der Waals surface area contributed by atoms with E-state index >= 15 is 0 Å². The van der Waals surface area contributed by atoms with Crippen LogP contribution in [0.1, 0.15) is 5.56 Å². The van der Waals surface area contributed by atoms with Gasteiger partial charge in [-0.3, -0.25) is 9.69 Å². The number of benzene rings is 2. The van der Waals surface area contributed by atoms with Crippen molar-refractivity contribution in [2.75, 3.05) is 40.0 Å². The van der Waals surface area contributed by atoms with Crippen LogP contribution in [-0.2, 0) is 17.8 Å². The van der Waals surface area contributed by atoms with Crippen LogP contribution in [0.3, 0.4) is 0 Å². The predicted molar refractivity (Wildman–Crippen MR) is 128 cm³/mol. The van der Waals surface area contributed by atoms with E-state index in [1.54, 1.807) is 11.7 Å². The monoisotopic (exact) mass is 451 g/mol. The van der Waals surface area contributed by atoms with Gasteiger partial charge in [0.05, 0.1) is 43.3 Å². The summed E-state index contributed by atoms with van der Waals surface area (Å²) < 4.78 is 15.1. The molecule has 2 aromatic carbocycles.